The maximum atomic E-state index is 11.7. The minimum absolute atomic E-state index is 0.157. The quantitative estimate of drug-likeness (QED) is 0.674. The van der Waals surface area contributed by atoms with E-state index in [0.717, 1.165) is 38.0 Å². The maximum Gasteiger partial charge on any atom is 0.319 e. The molecule has 0 aromatic heterocycles. The summed E-state index contributed by atoms with van der Waals surface area (Å²) in [5, 5.41) is 14.9. The van der Waals surface area contributed by atoms with Crippen LogP contribution in [0.5, 0.6) is 0 Å². The fourth-order valence-corrected chi connectivity index (χ4v) is 2.73. The molecule has 1 aliphatic heterocycles. The fraction of sp³-hybridized carbons (Fsp3) is 0.562. The van der Waals surface area contributed by atoms with Crippen LogP contribution >= 0.6 is 0 Å². The maximum absolute atomic E-state index is 11.7. The first kappa shape index (κ1) is 15.8. The number of rotatable bonds is 7. The molecule has 1 aromatic carbocycles. The summed E-state index contributed by atoms with van der Waals surface area (Å²) >= 11 is 0. The lowest BCUT2D eigenvalue weighted by Crippen LogP contribution is -2.34. The van der Waals surface area contributed by atoms with Crippen LogP contribution in [0.2, 0.25) is 0 Å². The fourth-order valence-electron chi connectivity index (χ4n) is 2.73. The number of aliphatic hydroxyl groups excluding tert-OH is 1. The predicted octanol–water partition coefficient (Wildman–Crippen LogP) is 2.04. The number of benzene rings is 1. The molecule has 2 amide bonds. The molecule has 0 aliphatic carbocycles. The summed E-state index contributed by atoms with van der Waals surface area (Å²) in [4.78, 5) is 14.0. The smallest absolute Gasteiger partial charge is 0.319 e. The third-order valence-corrected chi connectivity index (χ3v) is 3.90. The largest absolute Gasteiger partial charge is 0.395 e. The van der Waals surface area contributed by atoms with Crippen molar-refractivity contribution in [1.29, 1.82) is 0 Å². The van der Waals surface area contributed by atoms with E-state index in [1.54, 1.807) is 0 Å². The number of aliphatic hydroxyl groups is 1. The topological polar surface area (TPSA) is 64.6 Å². The van der Waals surface area contributed by atoms with Crippen molar-refractivity contribution in [2.75, 3.05) is 31.6 Å². The monoisotopic (exact) mass is 291 g/mol. The molecule has 1 fully saturated rings. The van der Waals surface area contributed by atoms with Gasteiger partial charge in [-0.3, -0.25) is 4.90 Å². The molecule has 5 heteroatoms. The molecule has 1 saturated heterocycles. The molecule has 0 bridgehead atoms. The van der Waals surface area contributed by atoms with Crippen LogP contribution in [0.25, 0.3) is 0 Å². The zero-order valence-electron chi connectivity index (χ0n) is 12.4. The molecule has 3 N–H and O–H groups in total. The van der Waals surface area contributed by atoms with Gasteiger partial charge >= 0.3 is 6.03 Å². The van der Waals surface area contributed by atoms with Gasteiger partial charge in [0.1, 0.15) is 0 Å². The van der Waals surface area contributed by atoms with Crippen LogP contribution in [0.1, 0.15) is 25.7 Å². The van der Waals surface area contributed by atoms with E-state index >= 15 is 0 Å². The van der Waals surface area contributed by atoms with E-state index in [0.29, 0.717) is 12.6 Å². The van der Waals surface area contributed by atoms with Crippen LogP contribution in [-0.4, -0.2) is 48.3 Å². The predicted molar refractivity (Wildman–Crippen MR) is 84.4 cm³/mol. The normalized spacial score (nSPS) is 18.6. The third kappa shape index (κ3) is 5.36. The summed E-state index contributed by atoms with van der Waals surface area (Å²) in [6.45, 7) is 3.04. The highest BCUT2D eigenvalue weighted by molar-refractivity contribution is 5.89. The average molecular weight is 291 g/mol. The molecule has 5 nitrogen and oxygen atoms in total. The van der Waals surface area contributed by atoms with E-state index in [-0.39, 0.29) is 12.6 Å². The van der Waals surface area contributed by atoms with E-state index in [1.807, 2.05) is 30.3 Å². The van der Waals surface area contributed by atoms with E-state index < -0.39 is 0 Å². The number of hydrogen-bond acceptors (Lipinski definition) is 3. The van der Waals surface area contributed by atoms with Crippen molar-refractivity contribution in [3.05, 3.63) is 30.3 Å². The van der Waals surface area contributed by atoms with Crippen LogP contribution in [0, 0.1) is 0 Å². The Morgan fingerprint density at radius 3 is 2.86 bits per heavy atom. The average Bonchev–Trinajstić information content (AvgIpc) is 2.95. The van der Waals surface area contributed by atoms with Crippen LogP contribution in [0.4, 0.5) is 10.5 Å². The number of nitrogens with zero attached hydrogens (tertiary/aromatic N) is 1. The Morgan fingerprint density at radius 2 is 2.10 bits per heavy atom. The zero-order valence-corrected chi connectivity index (χ0v) is 12.4. The van der Waals surface area contributed by atoms with Gasteiger partial charge in [-0.15, -0.1) is 0 Å². The van der Waals surface area contributed by atoms with Gasteiger partial charge in [-0.1, -0.05) is 18.2 Å². The summed E-state index contributed by atoms with van der Waals surface area (Å²) < 4.78 is 0. The van der Waals surface area contributed by atoms with Crippen LogP contribution in [-0.2, 0) is 0 Å². The molecule has 1 aliphatic rings. The van der Waals surface area contributed by atoms with Crippen LogP contribution in [0.15, 0.2) is 30.3 Å². The van der Waals surface area contributed by atoms with E-state index in [4.69, 9.17) is 0 Å². The van der Waals surface area contributed by atoms with Crippen LogP contribution < -0.4 is 10.6 Å². The highest BCUT2D eigenvalue weighted by atomic mass is 16.3. The number of amides is 2. The van der Waals surface area contributed by atoms with E-state index in [9.17, 15) is 9.90 Å². The van der Waals surface area contributed by atoms with Gasteiger partial charge in [0, 0.05) is 18.3 Å². The Labute approximate surface area is 126 Å². The number of carbonyl (C=O) groups excluding carboxylic acids is 1. The Hall–Kier alpha value is -1.59. The first-order valence-electron chi connectivity index (χ1n) is 7.74. The molecule has 0 radical (unpaired) electrons. The second-order valence-electron chi connectivity index (χ2n) is 5.47. The Balaban J connectivity index is 1.54. The summed E-state index contributed by atoms with van der Waals surface area (Å²) in [7, 11) is 0. The van der Waals surface area contributed by atoms with Crippen molar-refractivity contribution in [2.24, 2.45) is 0 Å². The Bertz CT molecular complexity index is 425. The summed E-state index contributed by atoms with van der Waals surface area (Å²) in [6.07, 6.45) is 4.29. The van der Waals surface area contributed by atoms with Gasteiger partial charge in [-0.25, -0.2) is 4.79 Å². The van der Waals surface area contributed by atoms with E-state index in [2.05, 4.69) is 15.5 Å². The third-order valence-electron chi connectivity index (χ3n) is 3.90. The highest BCUT2D eigenvalue weighted by Crippen LogP contribution is 2.16. The lowest BCUT2D eigenvalue weighted by Gasteiger charge is -2.22. The minimum atomic E-state index is -0.157. The van der Waals surface area contributed by atoms with Gasteiger partial charge in [0.25, 0.3) is 0 Å². The summed E-state index contributed by atoms with van der Waals surface area (Å²) in [5.41, 5.74) is 0.804. The van der Waals surface area contributed by atoms with Gasteiger partial charge in [0.05, 0.1) is 6.61 Å². The summed E-state index contributed by atoms with van der Waals surface area (Å²) in [6, 6.07) is 9.62. The number of para-hydroxylation sites is 1. The zero-order chi connectivity index (χ0) is 14.9. The number of carbonyl (C=O) groups is 1. The SMILES string of the molecule is O=C(NCCCCN1CCCC1CO)Nc1ccccc1. The van der Waals surface area contributed by atoms with Gasteiger partial charge in [-0.2, -0.15) is 0 Å². The van der Waals surface area contributed by atoms with Gasteiger partial charge < -0.3 is 15.7 Å². The first-order chi connectivity index (χ1) is 10.3. The molecule has 1 heterocycles. The Kier molecular flexibility index (Phi) is 6.50. The van der Waals surface area contributed by atoms with E-state index in [1.165, 1.54) is 6.42 Å². The van der Waals surface area contributed by atoms with Crippen molar-refractivity contribution >= 4 is 11.7 Å². The minimum Gasteiger partial charge on any atom is -0.395 e. The van der Waals surface area contributed by atoms with Crippen LogP contribution in [0.3, 0.4) is 0 Å². The summed E-state index contributed by atoms with van der Waals surface area (Å²) in [5.74, 6) is 0. The van der Waals surface area contributed by atoms with Crippen molar-refractivity contribution in [3.8, 4) is 0 Å². The molecule has 2 rings (SSSR count). The first-order valence-corrected chi connectivity index (χ1v) is 7.74. The highest BCUT2D eigenvalue weighted by Gasteiger charge is 2.22. The number of likely N-dealkylation sites (tertiary alicyclic amines) is 1. The molecule has 1 atom stereocenters. The lowest BCUT2D eigenvalue weighted by atomic mass is 10.2. The second-order valence-corrected chi connectivity index (χ2v) is 5.47. The van der Waals surface area contributed by atoms with Crippen molar-refractivity contribution in [3.63, 3.8) is 0 Å². The second kappa shape index (κ2) is 8.64. The number of anilines is 1. The lowest BCUT2D eigenvalue weighted by molar-refractivity contribution is 0.157. The molecular weight excluding hydrogens is 266 g/mol. The molecule has 1 unspecified atom stereocenters. The molecule has 0 saturated carbocycles. The van der Waals surface area contributed by atoms with Gasteiger partial charge in [0.2, 0.25) is 0 Å². The standard InChI is InChI=1S/C16H25N3O2/c20-13-15-9-6-12-19(15)11-5-4-10-17-16(21)18-14-7-2-1-3-8-14/h1-3,7-8,15,20H,4-6,9-13H2,(H2,17,18,21). The molecule has 0 spiro atoms. The Morgan fingerprint density at radius 1 is 1.29 bits per heavy atom. The van der Waals surface area contributed by atoms with Gasteiger partial charge in [-0.05, 0) is 50.9 Å². The number of urea groups is 1. The van der Waals surface area contributed by atoms with Crippen molar-refractivity contribution in [1.82, 2.24) is 10.2 Å². The van der Waals surface area contributed by atoms with Crippen molar-refractivity contribution in [2.45, 2.75) is 31.7 Å². The van der Waals surface area contributed by atoms with Gasteiger partial charge in [0.15, 0.2) is 0 Å². The molecule has 1 aromatic rings. The number of unbranched alkanes of at least 4 members (excludes halogenated alkanes) is 1. The molecule has 21 heavy (non-hydrogen) atoms. The number of hydrogen-bond donors (Lipinski definition) is 3. The molecule has 116 valence electrons. The number of nitrogens with one attached hydrogen (secondary N) is 2. The van der Waals surface area contributed by atoms with Crippen molar-refractivity contribution < 1.29 is 9.90 Å². The molecular formula is C16H25N3O2.